The van der Waals surface area contributed by atoms with Crippen LogP contribution in [0.5, 0.6) is 0 Å². The molecule has 0 bridgehead atoms. The lowest BCUT2D eigenvalue weighted by Gasteiger charge is -2.14. The number of carbonyl (C=O) groups is 2. The third kappa shape index (κ3) is 5.12. The molecule has 0 heterocycles. The van der Waals surface area contributed by atoms with E-state index in [0.717, 1.165) is 0 Å². The summed E-state index contributed by atoms with van der Waals surface area (Å²) in [6.07, 6.45) is 0.592. The largest absolute Gasteiger partial charge is 0.549 e. The predicted octanol–water partition coefficient (Wildman–Crippen LogP) is -1.13. The van der Waals surface area contributed by atoms with Gasteiger partial charge in [0.2, 0.25) is 0 Å². The summed E-state index contributed by atoms with van der Waals surface area (Å²) in [4.78, 5) is 20.4. The number of aliphatic carboxylic acids is 2. The van der Waals surface area contributed by atoms with Crippen LogP contribution in [-0.4, -0.2) is 19.8 Å². The molecule has 0 aliphatic carbocycles. The SMILES string of the molecule is O=C([O-])C(I)CCC(I)C(=O)[O-]. The lowest BCUT2D eigenvalue weighted by molar-refractivity contribution is -0.306. The molecule has 0 N–H and O–H groups in total. The van der Waals surface area contributed by atoms with E-state index in [1.165, 1.54) is 0 Å². The van der Waals surface area contributed by atoms with E-state index in [4.69, 9.17) is 0 Å². The Morgan fingerprint density at radius 2 is 1.25 bits per heavy atom. The van der Waals surface area contributed by atoms with E-state index in [9.17, 15) is 19.8 Å². The van der Waals surface area contributed by atoms with E-state index in [2.05, 4.69) is 0 Å². The van der Waals surface area contributed by atoms with Crippen molar-refractivity contribution in [1.29, 1.82) is 0 Å². The molecular formula is C6H6I2O4-2. The van der Waals surface area contributed by atoms with Crippen molar-refractivity contribution in [3.63, 3.8) is 0 Å². The number of hydrogen-bond acceptors (Lipinski definition) is 4. The molecule has 0 saturated heterocycles. The average molecular weight is 396 g/mol. The van der Waals surface area contributed by atoms with Crippen LogP contribution in [-0.2, 0) is 9.59 Å². The zero-order valence-corrected chi connectivity index (χ0v) is 10.3. The summed E-state index contributed by atoms with van der Waals surface area (Å²) in [5.41, 5.74) is 0. The molecule has 2 atom stereocenters. The summed E-state index contributed by atoms with van der Waals surface area (Å²) in [6, 6.07) is 0. The molecule has 6 heteroatoms. The maximum Gasteiger partial charge on any atom is 0.0543 e. The minimum atomic E-state index is -1.16. The van der Waals surface area contributed by atoms with Crippen molar-refractivity contribution in [3.8, 4) is 0 Å². The molecule has 0 aromatic heterocycles. The fourth-order valence-electron chi connectivity index (χ4n) is 0.528. The number of carboxylic acids is 2. The fraction of sp³-hybridized carbons (Fsp3) is 0.667. The molecule has 70 valence electrons. The smallest absolute Gasteiger partial charge is 0.0543 e. The molecule has 0 amide bonds. The van der Waals surface area contributed by atoms with Gasteiger partial charge in [-0.3, -0.25) is 0 Å². The third-order valence-electron chi connectivity index (χ3n) is 1.19. The summed E-state index contributed by atoms with van der Waals surface area (Å²) in [7, 11) is 0. The van der Waals surface area contributed by atoms with E-state index in [1.807, 2.05) is 0 Å². The van der Waals surface area contributed by atoms with Gasteiger partial charge in [-0.15, -0.1) is 0 Å². The number of halogens is 2. The Bertz CT molecular complexity index is 162. The number of carboxylic acid groups (broad SMARTS) is 2. The van der Waals surface area contributed by atoms with Crippen LogP contribution in [0.25, 0.3) is 0 Å². The van der Waals surface area contributed by atoms with Gasteiger partial charge in [-0.05, 0) is 12.8 Å². The normalized spacial score (nSPS) is 15.2. The molecule has 2 unspecified atom stereocenters. The second kappa shape index (κ2) is 5.95. The van der Waals surface area contributed by atoms with E-state index in [-0.39, 0.29) is 0 Å². The first-order chi connectivity index (χ1) is 5.45. The maximum absolute atomic E-state index is 10.2. The first-order valence-electron chi connectivity index (χ1n) is 3.15. The van der Waals surface area contributed by atoms with Gasteiger partial charge in [0.25, 0.3) is 0 Å². The monoisotopic (exact) mass is 396 g/mol. The molecule has 0 rings (SSSR count). The number of alkyl halides is 2. The number of rotatable bonds is 5. The van der Waals surface area contributed by atoms with E-state index in [1.54, 1.807) is 45.2 Å². The molecule has 0 aromatic carbocycles. The van der Waals surface area contributed by atoms with Crippen LogP contribution >= 0.6 is 45.2 Å². The first-order valence-corrected chi connectivity index (χ1v) is 5.64. The van der Waals surface area contributed by atoms with Gasteiger partial charge >= 0.3 is 0 Å². The van der Waals surface area contributed by atoms with Crippen molar-refractivity contribution >= 4 is 57.1 Å². The van der Waals surface area contributed by atoms with Gasteiger partial charge in [0, 0.05) is 0 Å². The molecule has 0 aromatic rings. The second-order valence-corrected chi connectivity index (χ2v) is 5.16. The first kappa shape index (κ1) is 12.4. The zero-order chi connectivity index (χ0) is 9.72. The Morgan fingerprint density at radius 3 is 1.42 bits per heavy atom. The van der Waals surface area contributed by atoms with E-state index >= 15 is 0 Å². The van der Waals surface area contributed by atoms with Gasteiger partial charge < -0.3 is 19.8 Å². The van der Waals surface area contributed by atoms with E-state index in [0.29, 0.717) is 12.8 Å². The highest BCUT2D eigenvalue weighted by molar-refractivity contribution is 14.1. The quantitative estimate of drug-likeness (QED) is 0.436. The summed E-state index contributed by atoms with van der Waals surface area (Å²) >= 11 is 3.42. The molecule has 0 fully saturated rings. The van der Waals surface area contributed by atoms with Crippen molar-refractivity contribution in [3.05, 3.63) is 0 Å². The van der Waals surface area contributed by atoms with E-state index < -0.39 is 19.8 Å². The van der Waals surface area contributed by atoms with Gasteiger partial charge in [-0.25, -0.2) is 0 Å². The molecule has 0 radical (unpaired) electrons. The Balaban J connectivity index is 3.68. The average Bonchev–Trinajstić information content (AvgIpc) is 1.98. The Labute approximate surface area is 97.0 Å². The number of carbonyl (C=O) groups excluding carboxylic acids is 2. The fourth-order valence-corrected chi connectivity index (χ4v) is 1.25. The highest BCUT2D eigenvalue weighted by Gasteiger charge is 2.09. The molecule has 4 nitrogen and oxygen atoms in total. The maximum atomic E-state index is 10.2. The van der Waals surface area contributed by atoms with Gasteiger partial charge in [0.1, 0.15) is 0 Å². The van der Waals surface area contributed by atoms with Crippen molar-refractivity contribution in [2.45, 2.75) is 20.7 Å². The molecule has 0 aliphatic heterocycles. The minimum absolute atomic E-state index is 0.296. The van der Waals surface area contributed by atoms with Crippen molar-refractivity contribution in [2.24, 2.45) is 0 Å². The standard InChI is InChI=1S/C6H8I2O4/c7-3(5(9)10)1-2-4(8)6(11)12/h3-4H,1-2H2,(H,9,10)(H,11,12)/p-2. The van der Waals surface area contributed by atoms with Gasteiger partial charge in [-0.2, -0.15) is 0 Å². The lowest BCUT2D eigenvalue weighted by Crippen LogP contribution is -2.35. The summed E-state index contributed by atoms with van der Waals surface area (Å²) in [5.74, 6) is -2.31. The molecular weight excluding hydrogens is 390 g/mol. The van der Waals surface area contributed by atoms with Crippen molar-refractivity contribution in [2.75, 3.05) is 0 Å². The summed E-state index contributed by atoms with van der Waals surface area (Å²) in [6.45, 7) is 0. The highest BCUT2D eigenvalue weighted by atomic mass is 127. The summed E-state index contributed by atoms with van der Waals surface area (Å²) < 4.78 is -1.25. The van der Waals surface area contributed by atoms with Crippen LogP contribution < -0.4 is 10.2 Å². The highest BCUT2D eigenvalue weighted by Crippen LogP contribution is 2.14. The molecule has 0 spiro atoms. The summed E-state index contributed by atoms with van der Waals surface area (Å²) in [5, 5.41) is 20.4. The van der Waals surface area contributed by atoms with Crippen LogP contribution in [0.3, 0.4) is 0 Å². The van der Waals surface area contributed by atoms with Crippen LogP contribution in [0, 0.1) is 0 Å². The Morgan fingerprint density at radius 1 is 1.00 bits per heavy atom. The van der Waals surface area contributed by atoms with Crippen molar-refractivity contribution < 1.29 is 19.8 Å². The molecule has 12 heavy (non-hydrogen) atoms. The Hall–Kier alpha value is 0.400. The predicted molar refractivity (Wildman–Crippen MR) is 54.9 cm³/mol. The van der Waals surface area contributed by atoms with Crippen LogP contribution in [0.2, 0.25) is 0 Å². The van der Waals surface area contributed by atoms with Crippen LogP contribution in [0.4, 0.5) is 0 Å². The van der Waals surface area contributed by atoms with Gasteiger partial charge in [0.15, 0.2) is 0 Å². The molecule has 0 aliphatic rings. The Kier molecular flexibility index (Phi) is 6.14. The van der Waals surface area contributed by atoms with Gasteiger partial charge in [-0.1, -0.05) is 45.2 Å². The third-order valence-corrected chi connectivity index (χ3v) is 3.45. The van der Waals surface area contributed by atoms with Crippen molar-refractivity contribution in [1.82, 2.24) is 0 Å². The van der Waals surface area contributed by atoms with Crippen LogP contribution in [0.15, 0.2) is 0 Å². The number of hydrogen-bond donors (Lipinski definition) is 0. The topological polar surface area (TPSA) is 80.3 Å². The zero-order valence-electron chi connectivity index (χ0n) is 5.96. The van der Waals surface area contributed by atoms with Gasteiger partial charge in [0.05, 0.1) is 19.8 Å². The minimum Gasteiger partial charge on any atom is -0.549 e. The lowest BCUT2D eigenvalue weighted by atomic mass is 10.2. The second-order valence-electron chi connectivity index (χ2n) is 2.15. The molecule has 0 saturated carbocycles. The van der Waals surface area contributed by atoms with Crippen LogP contribution in [0.1, 0.15) is 12.8 Å².